The van der Waals surface area contributed by atoms with Crippen LogP contribution in [0.25, 0.3) is 5.57 Å². The highest BCUT2D eigenvalue weighted by atomic mass is 35.5. The van der Waals surface area contributed by atoms with E-state index in [0.29, 0.717) is 16.7 Å². The summed E-state index contributed by atoms with van der Waals surface area (Å²) in [4.78, 5) is 10.6. The third-order valence-corrected chi connectivity index (χ3v) is 3.83. The van der Waals surface area contributed by atoms with Gasteiger partial charge in [0, 0.05) is 17.7 Å². The zero-order valence-electron chi connectivity index (χ0n) is 13.5. The minimum atomic E-state index is -0.996. The van der Waals surface area contributed by atoms with Gasteiger partial charge in [0.05, 0.1) is 10.0 Å². The number of aromatic hydroxyl groups is 2. The summed E-state index contributed by atoms with van der Waals surface area (Å²) in [5, 5.41) is 28.2. The van der Waals surface area contributed by atoms with Crippen molar-refractivity contribution in [2.24, 2.45) is 0 Å². The van der Waals surface area contributed by atoms with Crippen molar-refractivity contribution >= 4 is 34.7 Å². The molecule has 128 valence electrons. The third-order valence-electron chi connectivity index (χ3n) is 3.07. The molecule has 6 heteroatoms. The molecule has 0 fully saturated rings. The molecule has 0 spiro atoms. The van der Waals surface area contributed by atoms with E-state index in [-0.39, 0.29) is 21.5 Å². The number of hydrogen-bond acceptors (Lipinski definition) is 3. The lowest BCUT2D eigenvalue weighted by molar-refractivity contribution is -0.131. The first-order chi connectivity index (χ1) is 11.1. The Hall–Kier alpha value is -2.17. The van der Waals surface area contributed by atoms with Gasteiger partial charge in [0.1, 0.15) is 11.5 Å². The van der Waals surface area contributed by atoms with Crippen molar-refractivity contribution in [3.8, 4) is 11.5 Å². The van der Waals surface area contributed by atoms with Gasteiger partial charge in [0.25, 0.3) is 0 Å². The lowest BCUT2D eigenvalue weighted by Crippen LogP contribution is -1.88. The van der Waals surface area contributed by atoms with Crippen LogP contribution in [0.15, 0.2) is 47.6 Å². The zero-order valence-corrected chi connectivity index (χ0v) is 15.0. The number of hydrogen-bond donors (Lipinski definition) is 3. The molecule has 1 aromatic rings. The molecule has 0 aliphatic rings. The predicted octanol–water partition coefficient (Wildman–Crippen LogP) is 5.34. The van der Waals surface area contributed by atoms with Crippen LogP contribution in [-0.4, -0.2) is 21.3 Å². The van der Waals surface area contributed by atoms with E-state index in [4.69, 9.17) is 28.3 Å². The van der Waals surface area contributed by atoms with Crippen molar-refractivity contribution in [3.63, 3.8) is 0 Å². The average Bonchev–Trinajstić information content (AvgIpc) is 2.44. The van der Waals surface area contributed by atoms with Gasteiger partial charge in [-0.2, -0.15) is 0 Å². The SMILES string of the molecule is CC(=C\C(=O)O)/C=C(C)/C=C/C=C(\C)c1c(Cl)c(O)cc(O)c1Cl. The molecule has 3 N–H and O–H groups in total. The number of phenols is 2. The van der Waals surface area contributed by atoms with E-state index in [2.05, 4.69) is 0 Å². The van der Waals surface area contributed by atoms with Crippen LogP contribution in [-0.2, 0) is 4.79 Å². The molecule has 0 heterocycles. The van der Waals surface area contributed by atoms with Gasteiger partial charge in [-0.1, -0.05) is 53.1 Å². The maximum absolute atomic E-state index is 10.6. The van der Waals surface area contributed by atoms with Gasteiger partial charge in [0.15, 0.2) is 0 Å². The molecule has 24 heavy (non-hydrogen) atoms. The summed E-state index contributed by atoms with van der Waals surface area (Å²) in [5.74, 6) is -1.50. The number of carbonyl (C=O) groups is 1. The molecule has 0 atom stereocenters. The Kier molecular flexibility index (Phi) is 7.14. The number of benzene rings is 1. The first-order valence-electron chi connectivity index (χ1n) is 6.98. The van der Waals surface area contributed by atoms with E-state index >= 15 is 0 Å². The van der Waals surface area contributed by atoms with Gasteiger partial charge in [0.2, 0.25) is 0 Å². The normalized spacial score (nSPS) is 13.6. The van der Waals surface area contributed by atoms with E-state index in [0.717, 1.165) is 17.7 Å². The highest BCUT2D eigenvalue weighted by molar-refractivity contribution is 6.39. The molecule has 1 aromatic carbocycles. The fourth-order valence-corrected chi connectivity index (χ4v) is 2.67. The quantitative estimate of drug-likeness (QED) is 0.484. The summed E-state index contributed by atoms with van der Waals surface area (Å²) in [6.07, 6.45) is 8.09. The fourth-order valence-electron chi connectivity index (χ4n) is 2.03. The lowest BCUT2D eigenvalue weighted by Gasteiger charge is -2.10. The largest absolute Gasteiger partial charge is 0.506 e. The number of aliphatic carboxylic acids is 1. The summed E-state index contributed by atoms with van der Waals surface area (Å²) in [7, 11) is 0. The van der Waals surface area contributed by atoms with Gasteiger partial charge in [-0.05, 0) is 31.9 Å². The Morgan fingerprint density at radius 3 is 2.04 bits per heavy atom. The second kappa shape index (κ2) is 8.62. The Morgan fingerprint density at radius 2 is 1.54 bits per heavy atom. The average molecular weight is 369 g/mol. The van der Waals surface area contributed by atoms with Crippen LogP contribution in [0.3, 0.4) is 0 Å². The summed E-state index contributed by atoms with van der Waals surface area (Å²) in [6.45, 7) is 5.27. The van der Waals surface area contributed by atoms with Crippen LogP contribution in [0.5, 0.6) is 11.5 Å². The van der Waals surface area contributed by atoms with Crippen LogP contribution in [0.2, 0.25) is 10.0 Å². The molecule has 1 rings (SSSR count). The minimum Gasteiger partial charge on any atom is -0.506 e. The Bertz CT molecular complexity index is 745. The molecule has 0 radical (unpaired) electrons. The molecule has 0 amide bonds. The van der Waals surface area contributed by atoms with Crippen molar-refractivity contribution in [1.29, 1.82) is 0 Å². The maximum Gasteiger partial charge on any atom is 0.328 e. The predicted molar refractivity (Wildman–Crippen MR) is 97.7 cm³/mol. The topological polar surface area (TPSA) is 77.8 Å². The zero-order chi connectivity index (χ0) is 18.4. The van der Waals surface area contributed by atoms with Gasteiger partial charge >= 0.3 is 5.97 Å². The van der Waals surface area contributed by atoms with E-state index in [9.17, 15) is 15.0 Å². The maximum atomic E-state index is 10.6. The van der Waals surface area contributed by atoms with Crippen LogP contribution in [0.1, 0.15) is 26.3 Å². The Labute approximate surface area is 150 Å². The van der Waals surface area contributed by atoms with Gasteiger partial charge in [-0.25, -0.2) is 4.79 Å². The second-order valence-electron chi connectivity index (χ2n) is 5.24. The van der Waals surface area contributed by atoms with Crippen molar-refractivity contribution < 1.29 is 20.1 Å². The number of allylic oxidation sites excluding steroid dienone is 7. The number of carboxylic acid groups (broad SMARTS) is 1. The molecule has 0 saturated heterocycles. The number of rotatable bonds is 5. The molecular formula is C18H18Cl2O4. The summed E-state index contributed by atoms with van der Waals surface area (Å²) >= 11 is 12.1. The molecule has 0 saturated carbocycles. The van der Waals surface area contributed by atoms with Crippen molar-refractivity contribution in [2.45, 2.75) is 20.8 Å². The molecule has 4 nitrogen and oxygen atoms in total. The van der Waals surface area contributed by atoms with Crippen molar-refractivity contribution in [1.82, 2.24) is 0 Å². The summed E-state index contributed by atoms with van der Waals surface area (Å²) < 4.78 is 0. The monoisotopic (exact) mass is 368 g/mol. The fraction of sp³-hybridized carbons (Fsp3) is 0.167. The lowest BCUT2D eigenvalue weighted by atomic mass is 10.1. The highest BCUT2D eigenvalue weighted by Crippen LogP contribution is 2.42. The van der Waals surface area contributed by atoms with Crippen LogP contribution in [0, 0.1) is 0 Å². The molecule has 0 aliphatic carbocycles. The number of carboxylic acids is 1. The van der Waals surface area contributed by atoms with Crippen molar-refractivity contribution in [3.05, 3.63) is 63.2 Å². The van der Waals surface area contributed by atoms with Gasteiger partial charge in [-0.15, -0.1) is 0 Å². The Morgan fingerprint density at radius 1 is 1.00 bits per heavy atom. The smallest absolute Gasteiger partial charge is 0.328 e. The van der Waals surface area contributed by atoms with E-state index in [1.807, 2.05) is 6.92 Å². The minimum absolute atomic E-state index is 0.0625. The van der Waals surface area contributed by atoms with Crippen LogP contribution >= 0.6 is 23.2 Å². The number of phenolic OH excluding ortho intramolecular Hbond substituents is 2. The summed E-state index contributed by atoms with van der Waals surface area (Å²) in [5.41, 5.74) is 2.47. The first kappa shape index (κ1) is 19.9. The van der Waals surface area contributed by atoms with Crippen molar-refractivity contribution in [2.75, 3.05) is 0 Å². The van der Waals surface area contributed by atoms with Gasteiger partial charge in [-0.3, -0.25) is 0 Å². The standard InChI is InChI=1S/C18H18Cl2O4/c1-10(7-11(2)8-15(23)24)5-4-6-12(3)16-17(19)13(21)9-14(22)18(16)20/h4-9,21-22H,1-3H3,(H,23,24)/b5-4+,10-7+,11-8+,12-6+. The van der Waals surface area contributed by atoms with E-state index in [1.54, 1.807) is 38.2 Å². The highest BCUT2D eigenvalue weighted by Gasteiger charge is 2.15. The van der Waals surface area contributed by atoms with Crippen LogP contribution in [0.4, 0.5) is 0 Å². The van der Waals surface area contributed by atoms with Gasteiger partial charge < -0.3 is 15.3 Å². The molecule has 0 bridgehead atoms. The number of halogens is 2. The first-order valence-corrected chi connectivity index (χ1v) is 7.73. The molecule has 0 aliphatic heterocycles. The molecule has 0 unspecified atom stereocenters. The molecular weight excluding hydrogens is 351 g/mol. The second-order valence-corrected chi connectivity index (χ2v) is 6.00. The van der Waals surface area contributed by atoms with E-state index < -0.39 is 5.97 Å². The third kappa shape index (κ3) is 5.48. The van der Waals surface area contributed by atoms with E-state index in [1.165, 1.54) is 0 Å². The van der Waals surface area contributed by atoms with Crippen LogP contribution < -0.4 is 0 Å². The Balaban J connectivity index is 3.08. The molecule has 0 aromatic heterocycles. The summed E-state index contributed by atoms with van der Waals surface area (Å²) in [6, 6.07) is 1.09.